The van der Waals surface area contributed by atoms with Crippen molar-refractivity contribution >= 4 is 32.5 Å². The van der Waals surface area contributed by atoms with E-state index in [1.807, 2.05) is 6.07 Å². The molecule has 31 heavy (non-hydrogen) atoms. The average Bonchev–Trinajstić information content (AvgIpc) is 3.13. The lowest BCUT2D eigenvalue weighted by molar-refractivity contribution is 0.409. The van der Waals surface area contributed by atoms with Crippen molar-refractivity contribution in [2.45, 2.75) is 4.90 Å². The molecule has 0 aliphatic heterocycles. The van der Waals surface area contributed by atoms with Gasteiger partial charge in [0.2, 0.25) is 0 Å². The largest absolute Gasteiger partial charge is 0.421 e. The van der Waals surface area contributed by atoms with Gasteiger partial charge in [-0.3, -0.25) is 5.10 Å². The van der Waals surface area contributed by atoms with Gasteiger partial charge in [-0.15, -0.1) is 0 Å². The summed E-state index contributed by atoms with van der Waals surface area (Å²) < 4.78 is 56.0. The Morgan fingerprint density at radius 2 is 1.94 bits per heavy atom. The summed E-state index contributed by atoms with van der Waals surface area (Å²) in [5, 5.41) is 16.6. The third kappa shape index (κ3) is 3.90. The molecule has 0 spiro atoms. The normalized spacial score (nSPS) is 11.5. The molecule has 2 aromatic carbocycles. The van der Waals surface area contributed by atoms with Gasteiger partial charge in [0.25, 0.3) is 0 Å². The predicted octanol–water partition coefficient (Wildman–Crippen LogP) is 4.02. The number of sulfone groups is 1. The van der Waals surface area contributed by atoms with Crippen LogP contribution < -0.4 is 4.74 Å². The van der Waals surface area contributed by atoms with Gasteiger partial charge in [0.1, 0.15) is 11.9 Å². The summed E-state index contributed by atoms with van der Waals surface area (Å²) in [5.74, 6) is -2.11. The van der Waals surface area contributed by atoms with Crippen molar-refractivity contribution in [1.82, 2.24) is 20.2 Å². The molecule has 0 radical (unpaired) electrons. The Labute approximate surface area is 179 Å². The lowest BCUT2D eigenvalue weighted by Crippen LogP contribution is -1.99. The molecule has 0 atom stereocenters. The Morgan fingerprint density at radius 1 is 1.16 bits per heavy atom. The molecule has 12 heteroatoms. The molecule has 2 aromatic heterocycles. The second-order valence-corrected chi connectivity index (χ2v) is 8.78. The highest BCUT2D eigenvalue weighted by Crippen LogP contribution is 2.35. The molecule has 0 aliphatic rings. The van der Waals surface area contributed by atoms with Crippen molar-refractivity contribution in [3.63, 3.8) is 0 Å². The van der Waals surface area contributed by atoms with E-state index in [9.17, 15) is 22.5 Å². The Bertz CT molecular complexity index is 1500. The fourth-order valence-electron chi connectivity index (χ4n) is 2.81. The molecule has 4 aromatic rings. The number of benzene rings is 2. The van der Waals surface area contributed by atoms with E-state index in [0.717, 1.165) is 18.4 Å². The maximum Gasteiger partial charge on any atom is 0.325 e. The van der Waals surface area contributed by atoms with Crippen molar-refractivity contribution in [1.29, 1.82) is 5.26 Å². The van der Waals surface area contributed by atoms with Crippen molar-refractivity contribution in [2.75, 3.05) is 6.26 Å². The van der Waals surface area contributed by atoms with Gasteiger partial charge in [-0.25, -0.2) is 17.2 Å². The standard InChI is InChI=1S/C19H10ClF2N5O3S/c1-31(28,29)10-3-4-12(20)11(7-10)17-16-14(8-23)24-19(25-18(16)27-26-17)30-15-5-2-9(21)6-13(15)22/h2-7H,1H3,(H,24,25,26,27). The Hall–Kier alpha value is -3.62. The molecule has 2 heterocycles. The minimum Gasteiger partial charge on any atom is -0.421 e. The van der Waals surface area contributed by atoms with E-state index in [1.54, 1.807) is 0 Å². The van der Waals surface area contributed by atoms with Crippen LogP contribution in [0.1, 0.15) is 5.69 Å². The summed E-state index contributed by atoms with van der Waals surface area (Å²) >= 11 is 6.24. The molecule has 0 unspecified atom stereocenters. The highest BCUT2D eigenvalue weighted by molar-refractivity contribution is 7.90. The first-order valence-electron chi connectivity index (χ1n) is 8.46. The number of rotatable bonds is 4. The number of hydrogen-bond donors (Lipinski definition) is 1. The second kappa shape index (κ2) is 7.57. The molecular formula is C19H10ClF2N5O3S. The van der Waals surface area contributed by atoms with Gasteiger partial charge in [0.15, 0.2) is 32.7 Å². The molecule has 4 rings (SSSR count). The van der Waals surface area contributed by atoms with Crippen molar-refractivity contribution in [3.05, 3.63) is 58.7 Å². The van der Waals surface area contributed by atoms with Gasteiger partial charge in [-0.05, 0) is 30.3 Å². The van der Waals surface area contributed by atoms with Crippen molar-refractivity contribution in [2.24, 2.45) is 0 Å². The first-order chi connectivity index (χ1) is 14.7. The minimum absolute atomic E-state index is 0.0000971. The van der Waals surface area contributed by atoms with E-state index in [-0.39, 0.29) is 49.7 Å². The average molecular weight is 462 g/mol. The number of hydrogen-bond acceptors (Lipinski definition) is 7. The lowest BCUT2D eigenvalue weighted by atomic mass is 10.1. The summed E-state index contributed by atoms with van der Waals surface area (Å²) in [7, 11) is -3.52. The summed E-state index contributed by atoms with van der Waals surface area (Å²) in [4.78, 5) is 8.02. The van der Waals surface area contributed by atoms with Crippen molar-refractivity contribution in [3.8, 4) is 29.1 Å². The first kappa shape index (κ1) is 20.6. The first-order valence-corrected chi connectivity index (χ1v) is 10.7. The van der Waals surface area contributed by atoms with Crippen LogP contribution in [-0.4, -0.2) is 34.8 Å². The van der Waals surface area contributed by atoms with Crippen LogP contribution in [0.5, 0.6) is 11.8 Å². The molecule has 0 bridgehead atoms. The van der Waals surface area contributed by atoms with Crippen LogP contribution in [0.25, 0.3) is 22.3 Å². The Morgan fingerprint density at radius 3 is 2.61 bits per heavy atom. The zero-order valence-electron chi connectivity index (χ0n) is 15.5. The minimum atomic E-state index is -3.52. The summed E-state index contributed by atoms with van der Waals surface area (Å²) in [6.07, 6.45) is 1.05. The van der Waals surface area contributed by atoms with Gasteiger partial charge in [-0.1, -0.05) is 11.6 Å². The molecule has 0 saturated heterocycles. The van der Waals surface area contributed by atoms with Crippen LogP contribution in [0.4, 0.5) is 8.78 Å². The fourth-order valence-corrected chi connectivity index (χ4v) is 3.67. The fraction of sp³-hybridized carbons (Fsp3) is 0.0526. The molecule has 0 saturated carbocycles. The molecular weight excluding hydrogens is 452 g/mol. The molecule has 0 amide bonds. The zero-order valence-corrected chi connectivity index (χ0v) is 17.1. The SMILES string of the molecule is CS(=O)(=O)c1ccc(Cl)c(-c2[nH]nc3nc(Oc4ccc(F)cc4F)nc(C#N)c23)c1. The predicted molar refractivity (Wildman–Crippen MR) is 106 cm³/mol. The number of halogens is 3. The highest BCUT2D eigenvalue weighted by Gasteiger charge is 2.21. The van der Waals surface area contributed by atoms with E-state index < -0.39 is 21.5 Å². The summed E-state index contributed by atoms with van der Waals surface area (Å²) in [6, 6.07) is 8.25. The molecule has 1 N–H and O–H groups in total. The monoisotopic (exact) mass is 461 g/mol. The van der Waals surface area contributed by atoms with E-state index in [2.05, 4.69) is 20.2 Å². The van der Waals surface area contributed by atoms with Crippen LogP contribution in [0.3, 0.4) is 0 Å². The van der Waals surface area contributed by atoms with E-state index in [4.69, 9.17) is 16.3 Å². The summed E-state index contributed by atoms with van der Waals surface area (Å²) in [5.41, 5.74) is 0.319. The van der Waals surface area contributed by atoms with Gasteiger partial charge in [-0.2, -0.15) is 20.3 Å². The maximum absolute atomic E-state index is 13.9. The van der Waals surface area contributed by atoms with E-state index in [1.165, 1.54) is 18.2 Å². The maximum atomic E-state index is 13.9. The van der Waals surface area contributed by atoms with Crippen LogP contribution in [0.15, 0.2) is 41.3 Å². The van der Waals surface area contributed by atoms with Gasteiger partial charge in [0, 0.05) is 17.9 Å². The lowest BCUT2D eigenvalue weighted by Gasteiger charge is -2.07. The van der Waals surface area contributed by atoms with Crippen LogP contribution in [0.2, 0.25) is 5.02 Å². The number of aromatic nitrogens is 4. The van der Waals surface area contributed by atoms with Crippen LogP contribution in [0, 0.1) is 23.0 Å². The van der Waals surface area contributed by atoms with Gasteiger partial charge in [0.05, 0.1) is 21.0 Å². The molecule has 0 fully saturated rings. The van der Waals surface area contributed by atoms with Crippen LogP contribution in [-0.2, 0) is 9.84 Å². The number of ether oxygens (including phenoxy) is 1. The highest BCUT2D eigenvalue weighted by atomic mass is 35.5. The van der Waals surface area contributed by atoms with Crippen LogP contribution >= 0.6 is 11.6 Å². The third-order valence-corrected chi connectivity index (χ3v) is 5.67. The number of fused-ring (bicyclic) bond motifs is 1. The Kier molecular flexibility index (Phi) is 5.04. The Balaban J connectivity index is 1.85. The smallest absolute Gasteiger partial charge is 0.325 e. The van der Waals surface area contributed by atoms with E-state index >= 15 is 0 Å². The van der Waals surface area contributed by atoms with Gasteiger partial charge >= 0.3 is 6.01 Å². The molecule has 156 valence electrons. The number of nitriles is 1. The quantitative estimate of drug-likeness (QED) is 0.487. The zero-order chi connectivity index (χ0) is 22.3. The third-order valence-electron chi connectivity index (χ3n) is 4.23. The molecule has 0 aliphatic carbocycles. The van der Waals surface area contributed by atoms with Crippen molar-refractivity contribution < 1.29 is 21.9 Å². The second-order valence-electron chi connectivity index (χ2n) is 6.35. The number of nitrogens with zero attached hydrogens (tertiary/aromatic N) is 4. The topological polar surface area (TPSA) is 122 Å². The summed E-state index contributed by atoms with van der Waals surface area (Å²) in [6.45, 7) is 0. The van der Waals surface area contributed by atoms with E-state index in [0.29, 0.717) is 6.07 Å². The number of aromatic amines is 1. The number of nitrogens with one attached hydrogen (secondary N) is 1. The van der Waals surface area contributed by atoms with Gasteiger partial charge < -0.3 is 4.74 Å². The number of H-pyrrole nitrogens is 1. The molecule has 8 nitrogen and oxygen atoms in total.